The molecule has 0 bridgehead atoms. The van der Waals surface area contributed by atoms with Gasteiger partial charge in [-0.3, -0.25) is 9.79 Å². The average Bonchev–Trinajstić information content (AvgIpc) is 3.28. The van der Waals surface area contributed by atoms with Crippen LogP contribution >= 0.6 is 24.0 Å². The van der Waals surface area contributed by atoms with E-state index < -0.39 is 0 Å². The highest BCUT2D eigenvalue weighted by Crippen LogP contribution is 2.39. The van der Waals surface area contributed by atoms with E-state index in [-0.39, 0.29) is 35.3 Å². The van der Waals surface area contributed by atoms with Crippen LogP contribution in [0.4, 0.5) is 0 Å². The van der Waals surface area contributed by atoms with Crippen LogP contribution in [-0.4, -0.2) is 65.3 Å². The molecular weight excluding hydrogens is 457 g/mol. The second-order valence-electron chi connectivity index (χ2n) is 7.10. The minimum Gasteiger partial charge on any atom is -0.357 e. The van der Waals surface area contributed by atoms with E-state index in [1.165, 1.54) is 0 Å². The molecule has 0 spiro atoms. The molecule has 9 heteroatoms. The van der Waals surface area contributed by atoms with Gasteiger partial charge in [0.1, 0.15) is 12.2 Å². The number of carbonyl (C=O) groups is 1. The predicted octanol–water partition coefficient (Wildman–Crippen LogP) is 1.66. The van der Waals surface area contributed by atoms with Crippen LogP contribution in [0.3, 0.4) is 0 Å². The van der Waals surface area contributed by atoms with Gasteiger partial charge in [0.05, 0.1) is 12.0 Å². The number of amides is 1. The molecule has 2 rings (SSSR count). The van der Waals surface area contributed by atoms with Crippen LogP contribution in [0.2, 0.25) is 0 Å². The van der Waals surface area contributed by atoms with Crippen molar-refractivity contribution in [3.8, 4) is 0 Å². The number of carbonyl (C=O) groups excluding carboxylic acids is 1. The molecule has 0 unspecified atom stereocenters. The number of nitrogens with zero attached hydrogens (tertiary/aromatic N) is 5. The number of aromatic nitrogens is 3. The molecule has 0 saturated heterocycles. The Balaban J connectivity index is 0.00000364. The molecular formula is C18H34IN7O. The Kier molecular flexibility index (Phi) is 10.0. The summed E-state index contributed by atoms with van der Waals surface area (Å²) in [7, 11) is 3.67. The van der Waals surface area contributed by atoms with Gasteiger partial charge in [-0.2, -0.15) is 0 Å². The number of nitrogens with one attached hydrogen (secondary N) is 2. The van der Waals surface area contributed by atoms with E-state index in [0.29, 0.717) is 6.54 Å². The van der Waals surface area contributed by atoms with Gasteiger partial charge in [-0.05, 0) is 19.8 Å². The van der Waals surface area contributed by atoms with E-state index in [9.17, 15) is 4.79 Å². The van der Waals surface area contributed by atoms with Crippen molar-refractivity contribution < 1.29 is 4.79 Å². The van der Waals surface area contributed by atoms with Crippen molar-refractivity contribution in [2.24, 2.45) is 10.4 Å². The smallest absolute Gasteiger partial charge is 0.230 e. The Morgan fingerprint density at radius 2 is 2.00 bits per heavy atom. The van der Waals surface area contributed by atoms with Crippen LogP contribution in [0, 0.1) is 5.41 Å². The van der Waals surface area contributed by atoms with E-state index in [1.807, 2.05) is 25.6 Å². The van der Waals surface area contributed by atoms with Gasteiger partial charge in [0.25, 0.3) is 0 Å². The van der Waals surface area contributed by atoms with Gasteiger partial charge in [0, 0.05) is 40.2 Å². The summed E-state index contributed by atoms with van der Waals surface area (Å²) in [5.41, 5.74) is -0.338. The number of guanidine groups is 1. The molecule has 1 aromatic heterocycles. The quantitative estimate of drug-likeness (QED) is 0.328. The molecule has 2 N–H and O–H groups in total. The third-order valence-corrected chi connectivity index (χ3v) is 4.96. The van der Waals surface area contributed by atoms with Gasteiger partial charge >= 0.3 is 0 Å². The topological polar surface area (TPSA) is 87.4 Å². The molecule has 0 aliphatic heterocycles. The summed E-state index contributed by atoms with van der Waals surface area (Å²) in [5, 5.41) is 14.7. The minimum atomic E-state index is -0.338. The molecule has 8 nitrogen and oxygen atoms in total. The second-order valence-corrected chi connectivity index (χ2v) is 7.10. The lowest BCUT2D eigenvalue weighted by Crippen LogP contribution is -2.43. The van der Waals surface area contributed by atoms with Crippen molar-refractivity contribution in [1.82, 2.24) is 30.3 Å². The van der Waals surface area contributed by atoms with E-state index >= 15 is 0 Å². The highest BCUT2D eigenvalue weighted by Gasteiger charge is 2.42. The number of rotatable bonds is 8. The number of aryl methyl sites for hydroxylation is 1. The van der Waals surface area contributed by atoms with Gasteiger partial charge in [-0.25, -0.2) is 0 Å². The summed E-state index contributed by atoms with van der Waals surface area (Å²) in [6.45, 7) is 6.94. The monoisotopic (exact) mass is 491 g/mol. The molecule has 1 saturated carbocycles. The van der Waals surface area contributed by atoms with Crippen molar-refractivity contribution in [2.75, 3.05) is 33.7 Å². The normalized spacial score (nSPS) is 15.9. The fourth-order valence-electron chi connectivity index (χ4n) is 3.57. The Labute approximate surface area is 179 Å². The summed E-state index contributed by atoms with van der Waals surface area (Å²) < 4.78 is 2.05. The van der Waals surface area contributed by atoms with E-state index in [1.54, 1.807) is 11.2 Å². The molecule has 1 aliphatic rings. The fraction of sp³-hybridized carbons (Fsp3) is 0.778. The molecule has 27 heavy (non-hydrogen) atoms. The molecule has 0 radical (unpaired) electrons. The van der Waals surface area contributed by atoms with Gasteiger partial charge in [0.2, 0.25) is 5.91 Å². The first-order chi connectivity index (χ1) is 12.5. The Morgan fingerprint density at radius 1 is 1.30 bits per heavy atom. The van der Waals surface area contributed by atoms with E-state index in [2.05, 4.69) is 27.8 Å². The van der Waals surface area contributed by atoms with Crippen LogP contribution in [0.5, 0.6) is 0 Å². The molecule has 1 heterocycles. The van der Waals surface area contributed by atoms with Crippen LogP contribution < -0.4 is 10.6 Å². The number of hydrogen-bond donors (Lipinski definition) is 2. The molecule has 1 amide bonds. The summed E-state index contributed by atoms with van der Waals surface area (Å²) in [6.07, 6.45) is 6.68. The SMILES string of the molecule is CCNC(=NCC1(C(=O)N(C)C)CCCC1)NCCn1cnnc1CC.I. The Morgan fingerprint density at radius 3 is 2.59 bits per heavy atom. The van der Waals surface area contributed by atoms with Crippen molar-refractivity contribution >= 4 is 35.8 Å². The van der Waals surface area contributed by atoms with Crippen LogP contribution in [0.25, 0.3) is 0 Å². The first-order valence-corrected chi connectivity index (χ1v) is 9.63. The maximum atomic E-state index is 12.7. The van der Waals surface area contributed by atoms with Crippen molar-refractivity contribution in [1.29, 1.82) is 0 Å². The van der Waals surface area contributed by atoms with Crippen LogP contribution in [-0.2, 0) is 17.8 Å². The highest BCUT2D eigenvalue weighted by atomic mass is 127. The predicted molar refractivity (Wildman–Crippen MR) is 118 cm³/mol. The number of aliphatic imine (C=N–C) groups is 1. The molecule has 0 atom stereocenters. The van der Waals surface area contributed by atoms with Gasteiger partial charge in [0.15, 0.2) is 5.96 Å². The van der Waals surface area contributed by atoms with Crippen molar-refractivity contribution in [3.63, 3.8) is 0 Å². The fourth-order valence-corrected chi connectivity index (χ4v) is 3.57. The molecule has 0 aromatic carbocycles. The third-order valence-electron chi connectivity index (χ3n) is 4.96. The van der Waals surface area contributed by atoms with Crippen molar-refractivity contribution in [3.05, 3.63) is 12.2 Å². The third kappa shape index (κ3) is 6.32. The lowest BCUT2D eigenvalue weighted by Gasteiger charge is -2.29. The van der Waals surface area contributed by atoms with E-state index in [0.717, 1.165) is 63.5 Å². The van der Waals surface area contributed by atoms with E-state index in [4.69, 9.17) is 4.99 Å². The maximum Gasteiger partial charge on any atom is 0.230 e. The van der Waals surface area contributed by atoms with Gasteiger partial charge in [-0.1, -0.05) is 19.8 Å². The molecule has 1 aliphatic carbocycles. The highest BCUT2D eigenvalue weighted by molar-refractivity contribution is 14.0. The minimum absolute atomic E-state index is 0. The molecule has 154 valence electrons. The zero-order chi connectivity index (χ0) is 19.0. The number of halogens is 1. The summed E-state index contributed by atoms with van der Waals surface area (Å²) >= 11 is 0. The zero-order valence-electron chi connectivity index (χ0n) is 17.0. The average molecular weight is 491 g/mol. The van der Waals surface area contributed by atoms with Crippen molar-refractivity contribution in [2.45, 2.75) is 52.5 Å². The van der Waals surface area contributed by atoms with Gasteiger partial charge < -0.3 is 20.1 Å². The first kappa shape index (κ1) is 23.6. The van der Waals surface area contributed by atoms with Crippen LogP contribution in [0.1, 0.15) is 45.4 Å². The lowest BCUT2D eigenvalue weighted by molar-refractivity contribution is -0.138. The molecule has 1 fully saturated rings. The summed E-state index contributed by atoms with van der Waals surface area (Å²) in [6, 6.07) is 0. The lowest BCUT2D eigenvalue weighted by atomic mass is 9.85. The Bertz CT molecular complexity index is 609. The van der Waals surface area contributed by atoms with Crippen LogP contribution in [0.15, 0.2) is 11.3 Å². The maximum absolute atomic E-state index is 12.7. The second kappa shape index (κ2) is 11.5. The summed E-state index contributed by atoms with van der Waals surface area (Å²) in [4.78, 5) is 19.1. The first-order valence-electron chi connectivity index (χ1n) is 9.63. The zero-order valence-corrected chi connectivity index (χ0v) is 19.3. The standard InChI is InChI=1S/C18H33N7O.HI/c1-5-15-23-22-14-25(15)12-11-20-17(19-6-2)21-13-18(9-7-8-10-18)16(26)24(3)4;/h14H,5-13H2,1-4H3,(H2,19,20,21);1H. The van der Waals surface area contributed by atoms with Gasteiger partial charge in [-0.15, -0.1) is 34.2 Å². The number of hydrogen-bond acceptors (Lipinski definition) is 4. The largest absolute Gasteiger partial charge is 0.357 e. The summed E-state index contributed by atoms with van der Waals surface area (Å²) in [5.74, 6) is 1.94. The Hall–Kier alpha value is -1.39. The molecule has 1 aromatic rings.